The van der Waals surface area contributed by atoms with Gasteiger partial charge in [0, 0.05) is 19.1 Å². The zero-order valence-corrected chi connectivity index (χ0v) is 10.9. The molecule has 2 atom stereocenters. The maximum atomic E-state index is 5.97. The van der Waals surface area contributed by atoms with E-state index in [0.29, 0.717) is 0 Å². The molecule has 3 nitrogen and oxygen atoms in total. The summed E-state index contributed by atoms with van der Waals surface area (Å²) in [6.45, 7) is 6.71. The van der Waals surface area contributed by atoms with Crippen molar-refractivity contribution in [3.63, 3.8) is 0 Å². The lowest BCUT2D eigenvalue weighted by molar-refractivity contribution is 0.569. The number of hydrogen-bond acceptors (Lipinski definition) is 3. The molecule has 0 amide bonds. The van der Waals surface area contributed by atoms with Crippen LogP contribution >= 0.6 is 0 Å². The zero-order valence-electron chi connectivity index (χ0n) is 10.9. The van der Waals surface area contributed by atoms with E-state index in [9.17, 15) is 0 Å². The van der Waals surface area contributed by atoms with Crippen molar-refractivity contribution < 1.29 is 0 Å². The van der Waals surface area contributed by atoms with Crippen LogP contribution in [-0.2, 0) is 0 Å². The van der Waals surface area contributed by atoms with Crippen LogP contribution in [-0.4, -0.2) is 18.1 Å². The highest BCUT2D eigenvalue weighted by molar-refractivity contribution is 5.45. The Morgan fingerprint density at radius 1 is 1.47 bits per heavy atom. The highest BCUT2D eigenvalue weighted by Crippen LogP contribution is 2.25. The third-order valence-electron chi connectivity index (χ3n) is 3.82. The smallest absolute Gasteiger partial charge is 0.0572 e. The number of anilines is 1. The molecule has 1 aliphatic heterocycles. The largest absolute Gasteiger partial charge is 0.370 e. The Morgan fingerprint density at radius 2 is 2.29 bits per heavy atom. The first kappa shape index (κ1) is 12.4. The Hall–Kier alpha value is -1.09. The van der Waals surface area contributed by atoms with Crippen LogP contribution in [0.4, 0.5) is 5.69 Å². The number of aromatic nitrogens is 1. The molecule has 0 spiro atoms. The van der Waals surface area contributed by atoms with E-state index < -0.39 is 0 Å². The third kappa shape index (κ3) is 2.78. The van der Waals surface area contributed by atoms with Crippen LogP contribution in [0.25, 0.3) is 0 Å². The van der Waals surface area contributed by atoms with E-state index in [1.165, 1.54) is 31.6 Å². The van der Waals surface area contributed by atoms with E-state index in [1.807, 2.05) is 6.20 Å². The molecule has 0 aliphatic carbocycles. The molecule has 1 fully saturated rings. The summed E-state index contributed by atoms with van der Waals surface area (Å²) in [5, 5.41) is 0. The second-order valence-corrected chi connectivity index (χ2v) is 4.96. The molecular weight excluding hydrogens is 210 g/mol. The number of nitrogens with two attached hydrogens (primary N) is 1. The van der Waals surface area contributed by atoms with Gasteiger partial charge in [0.15, 0.2) is 0 Å². The van der Waals surface area contributed by atoms with Gasteiger partial charge < -0.3 is 10.6 Å². The summed E-state index contributed by atoms with van der Waals surface area (Å²) in [5.74, 6) is 0.854. The lowest BCUT2D eigenvalue weighted by atomic mass is 10.1. The van der Waals surface area contributed by atoms with Crippen LogP contribution in [0.15, 0.2) is 18.3 Å². The van der Waals surface area contributed by atoms with Crippen LogP contribution in [0.1, 0.15) is 44.8 Å². The molecule has 1 aromatic heterocycles. The van der Waals surface area contributed by atoms with E-state index in [2.05, 4.69) is 35.9 Å². The maximum absolute atomic E-state index is 5.97. The second-order valence-electron chi connectivity index (χ2n) is 4.96. The molecule has 94 valence electrons. The van der Waals surface area contributed by atoms with Crippen LogP contribution in [0.3, 0.4) is 0 Å². The average Bonchev–Trinajstić information content (AvgIpc) is 2.87. The van der Waals surface area contributed by atoms with Gasteiger partial charge >= 0.3 is 0 Å². The summed E-state index contributed by atoms with van der Waals surface area (Å²) >= 11 is 0. The molecule has 0 saturated carbocycles. The fraction of sp³-hybridized carbons (Fsp3) is 0.643. The Bertz CT molecular complexity index is 347. The molecule has 0 radical (unpaired) electrons. The van der Waals surface area contributed by atoms with Crippen molar-refractivity contribution >= 4 is 5.69 Å². The molecule has 0 aromatic carbocycles. The van der Waals surface area contributed by atoms with Gasteiger partial charge in [-0.3, -0.25) is 4.98 Å². The van der Waals surface area contributed by atoms with E-state index in [0.717, 1.165) is 18.0 Å². The first-order chi connectivity index (χ1) is 8.24. The van der Waals surface area contributed by atoms with Gasteiger partial charge in [-0.25, -0.2) is 0 Å². The number of rotatable bonds is 4. The summed E-state index contributed by atoms with van der Waals surface area (Å²) < 4.78 is 0. The molecular formula is C14H23N3. The Morgan fingerprint density at radius 3 is 2.82 bits per heavy atom. The predicted molar refractivity (Wildman–Crippen MR) is 72.1 cm³/mol. The molecule has 3 heteroatoms. The van der Waals surface area contributed by atoms with Gasteiger partial charge in [-0.05, 0) is 30.9 Å². The Balaban J connectivity index is 2.03. The van der Waals surface area contributed by atoms with Crippen molar-refractivity contribution in [2.75, 3.05) is 18.0 Å². The van der Waals surface area contributed by atoms with Gasteiger partial charge in [-0.15, -0.1) is 0 Å². The molecule has 2 heterocycles. The fourth-order valence-corrected chi connectivity index (χ4v) is 2.41. The average molecular weight is 233 g/mol. The molecule has 0 bridgehead atoms. The standard InChI is InChI=1S/C14H23N3/c1-3-11-7-8-17(10-11)12-5-6-14(16-9-12)13(15)4-2/h5-6,9,11,13H,3-4,7-8,10,15H2,1-2H3/t11?,13-/m0/s1. The SMILES string of the molecule is CCC1CCN(c2ccc([C@@H](N)CC)nc2)C1. The Labute approximate surface area is 104 Å². The minimum absolute atomic E-state index is 0.0750. The van der Waals surface area contributed by atoms with E-state index in [-0.39, 0.29) is 6.04 Å². The summed E-state index contributed by atoms with van der Waals surface area (Å²) in [7, 11) is 0. The molecule has 1 aliphatic rings. The van der Waals surface area contributed by atoms with Crippen LogP contribution in [0.2, 0.25) is 0 Å². The van der Waals surface area contributed by atoms with E-state index in [4.69, 9.17) is 5.73 Å². The fourth-order valence-electron chi connectivity index (χ4n) is 2.41. The Kier molecular flexibility index (Phi) is 4.00. The van der Waals surface area contributed by atoms with Crippen molar-refractivity contribution in [2.45, 2.75) is 39.2 Å². The normalized spacial score (nSPS) is 21.8. The lowest BCUT2D eigenvalue weighted by Gasteiger charge is -2.19. The number of nitrogens with zero attached hydrogens (tertiary/aromatic N) is 2. The highest BCUT2D eigenvalue weighted by Gasteiger charge is 2.21. The van der Waals surface area contributed by atoms with Gasteiger partial charge in [-0.2, -0.15) is 0 Å². The maximum Gasteiger partial charge on any atom is 0.0572 e. The predicted octanol–water partition coefficient (Wildman–Crippen LogP) is 2.73. The number of hydrogen-bond donors (Lipinski definition) is 1. The minimum atomic E-state index is 0.0750. The molecule has 1 saturated heterocycles. The van der Waals surface area contributed by atoms with Crippen LogP contribution in [0.5, 0.6) is 0 Å². The molecule has 2 N–H and O–H groups in total. The van der Waals surface area contributed by atoms with Gasteiger partial charge in [0.1, 0.15) is 0 Å². The van der Waals surface area contributed by atoms with Gasteiger partial charge in [0.25, 0.3) is 0 Å². The topological polar surface area (TPSA) is 42.1 Å². The first-order valence-electron chi connectivity index (χ1n) is 6.71. The van der Waals surface area contributed by atoms with Crippen LogP contribution in [0, 0.1) is 5.92 Å². The third-order valence-corrected chi connectivity index (χ3v) is 3.82. The summed E-state index contributed by atoms with van der Waals surface area (Å²) in [6, 6.07) is 4.31. The molecule has 1 aromatic rings. The van der Waals surface area contributed by atoms with Crippen molar-refractivity contribution in [1.29, 1.82) is 0 Å². The van der Waals surface area contributed by atoms with Crippen LogP contribution < -0.4 is 10.6 Å². The van der Waals surface area contributed by atoms with Crippen molar-refractivity contribution in [3.05, 3.63) is 24.0 Å². The lowest BCUT2D eigenvalue weighted by Crippen LogP contribution is -2.20. The molecule has 17 heavy (non-hydrogen) atoms. The summed E-state index contributed by atoms with van der Waals surface area (Å²) in [5.41, 5.74) is 8.21. The quantitative estimate of drug-likeness (QED) is 0.869. The highest BCUT2D eigenvalue weighted by atomic mass is 15.2. The van der Waals surface area contributed by atoms with Gasteiger partial charge in [0.05, 0.1) is 17.6 Å². The van der Waals surface area contributed by atoms with Gasteiger partial charge in [-0.1, -0.05) is 20.3 Å². The molecule has 1 unspecified atom stereocenters. The van der Waals surface area contributed by atoms with E-state index >= 15 is 0 Å². The summed E-state index contributed by atoms with van der Waals surface area (Å²) in [4.78, 5) is 6.91. The first-order valence-corrected chi connectivity index (χ1v) is 6.71. The molecule has 2 rings (SSSR count). The van der Waals surface area contributed by atoms with Crippen molar-refractivity contribution in [1.82, 2.24) is 4.98 Å². The monoisotopic (exact) mass is 233 g/mol. The van der Waals surface area contributed by atoms with Crippen molar-refractivity contribution in [3.8, 4) is 0 Å². The zero-order chi connectivity index (χ0) is 12.3. The second kappa shape index (κ2) is 5.50. The minimum Gasteiger partial charge on any atom is -0.370 e. The van der Waals surface area contributed by atoms with Crippen molar-refractivity contribution in [2.24, 2.45) is 11.7 Å². The summed E-state index contributed by atoms with van der Waals surface area (Å²) in [6.07, 6.45) is 5.51. The number of pyridine rings is 1. The van der Waals surface area contributed by atoms with Gasteiger partial charge in [0.2, 0.25) is 0 Å². The van der Waals surface area contributed by atoms with E-state index in [1.54, 1.807) is 0 Å².